The van der Waals surface area contributed by atoms with Crippen LogP contribution in [0.2, 0.25) is 0 Å². The fraction of sp³-hybridized carbons (Fsp3) is 0.300. The number of hydrogen-bond acceptors (Lipinski definition) is 2. The van der Waals surface area contributed by atoms with Gasteiger partial charge in [0.15, 0.2) is 0 Å². The summed E-state index contributed by atoms with van der Waals surface area (Å²) in [6, 6.07) is 5.82. The van der Waals surface area contributed by atoms with E-state index in [9.17, 15) is 9.18 Å². The largest absolute Gasteiger partial charge is 0.469 e. The van der Waals surface area contributed by atoms with Crippen LogP contribution in [0.4, 0.5) is 4.39 Å². The lowest BCUT2D eigenvalue weighted by Crippen LogP contribution is -2.10. The lowest BCUT2D eigenvalue weighted by molar-refractivity contribution is -0.141. The minimum absolute atomic E-state index is 0.305. The lowest BCUT2D eigenvalue weighted by Gasteiger charge is -2.08. The maximum Gasteiger partial charge on any atom is 0.312 e. The maximum absolute atomic E-state index is 12.5. The standard InChI is InChI=1S/C10H11FO2/c1-7(10(12)13-2)8-3-5-9(11)6-4-8/h3-7H,1-2H3/t7-/m0/s1. The van der Waals surface area contributed by atoms with Gasteiger partial charge >= 0.3 is 5.97 Å². The molecule has 0 bridgehead atoms. The van der Waals surface area contributed by atoms with Gasteiger partial charge in [-0.25, -0.2) is 4.39 Å². The first-order valence-corrected chi connectivity index (χ1v) is 3.98. The highest BCUT2D eigenvalue weighted by Crippen LogP contribution is 2.16. The molecule has 0 aliphatic rings. The molecule has 1 atom stereocenters. The number of esters is 1. The van der Waals surface area contributed by atoms with Crippen LogP contribution in [-0.4, -0.2) is 13.1 Å². The van der Waals surface area contributed by atoms with Crippen LogP contribution in [0.3, 0.4) is 0 Å². The molecule has 2 nitrogen and oxygen atoms in total. The van der Waals surface area contributed by atoms with Crippen molar-refractivity contribution in [2.45, 2.75) is 12.8 Å². The fourth-order valence-corrected chi connectivity index (χ4v) is 1.06. The van der Waals surface area contributed by atoms with Crippen molar-refractivity contribution in [2.75, 3.05) is 7.11 Å². The van der Waals surface area contributed by atoms with E-state index in [-0.39, 0.29) is 17.7 Å². The van der Waals surface area contributed by atoms with E-state index in [1.807, 2.05) is 0 Å². The predicted octanol–water partition coefficient (Wildman–Crippen LogP) is 2.10. The molecule has 0 heterocycles. The quantitative estimate of drug-likeness (QED) is 0.655. The van der Waals surface area contributed by atoms with Crippen molar-refractivity contribution in [1.29, 1.82) is 0 Å². The van der Waals surface area contributed by atoms with Gasteiger partial charge in [-0.3, -0.25) is 4.79 Å². The highest BCUT2D eigenvalue weighted by atomic mass is 19.1. The number of halogens is 1. The molecule has 0 aliphatic carbocycles. The average molecular weight is 182 g/mol. The molecule has 0 N–H and O–H groups in total. The summed E-state index contributed by atoms with van der Waals surface area (Å²) in [5.74, 6) is -0.960. The number of benzene rings is 1. The second-order valence-corrected chi connectivity index (χ2v) is 2.80. The molecule has 0 aromatic heterocycles. The summed E-state index contributed by atoms with van der Waals surface area (Å²) < 4.78 is 17.1. The predicted molar refractivity (Wildman–Crippen MR) is 46.8 cm³/mol. The molecule has 0 unspecified atom stereocenters. The molecule has 1 rings (SSSR count). The maximum atomic E-state index is 12.5. The Hall–Kier alpha value is -1.38. The number of ether oxygens (including phenoxy) is 1. The van der Waals surface area contributed by atoms with Crippen LogP contribution < -0.4 is 0 Å². The second-order valence-electron chi connectivity index (χ2n) is 2.80. The zero-order chi connectivity index (χ0) is 9.84. The third kappa shape index (κ3) is 2.28. The minimum Gasteiger partial charge on any atom is -0.469 e. The summed E-state index contributed by atoms with van der Waals surface area (Å²) in [6.45, 7) is 1.72. The third-order valence-electron chi connectivity index (χ3n) is 1.92. The van der Waals surface area contributed by atoms with E-state index in [0.717, 1.165) is 5.56 Å². The van der Waals surface area contributed by atoms with E-state index in [1.54, 1.807) is 19.1 Å². The van der Waals surface area contributed by atoms with Crippen LogP contribution in [0.5, 0.6) is 0 Å². The summed E-state index contributed by atoms with van der Waals surface area (Å²) >= 11 is 0. The molecular weight excluding hydrogens is 171 g/mol. The van der Waals surface area contributed by atoms with Crippen LogP contribution in [0.15, 0.2) is 24.3 Å². The van der Waals surface area contributed by atoms with Crippen LogP contribution in [0.1, 0.15) is 18.4 Å². The van der Waals surface area contributed by atoms with Gasteiger partial charge in [0, 0.05) is 0 Å². The summed E-state index contributed by atoms with van der Waals surface area (Å²) in [4.78, 5) is 11.1. The molecule has 0 fully saturated rings. The van der Waals surface area contributed by atoms with E-state index in [0.29, 0.717) is 0 Å². The molecule has 0 spiro atoms. The Kier molecular flexibility index (Phi) is 3.01. The molecular formula is C10H11FO2. The Morgan fingerprint density at radius 3 is 2.38 bits per heavy atom. The van der Waals surface area contributed by atoms with Crippen LogP contribution in [0.25, 0.3) is 0 Å². The summed E-state index contributed by atoms with van der Waals surface area (Å²) in [5.41, 5.74) is 0.758. The molecule has 70 valence electrons. The van der Waals surface area contributed by atoms with Crippen molar-refractivity contribution in [3.8, 4) is 0 Å². The number of carbonyl (C=O) groups excluding carboxylic acids is 1. The van der Waals surface area contributed by atoms with Gasteiger partial charge in [0.1, 0.15) is 5.82 Å². The van der Waals surface area contributed by atoms with Crippen molar-refractivity contribution in [3.63, 3.8) is 0 Å². The number of rotatable bonds is 2. The first-order chi connectivity index (χ1) is 6.15. The Bertz CT molecular complexity index is 292. The van der Waals surface area contributed by atoms with Gasteiger partial charge in [-0.1, -0.05) is 12.1 Å². The Morgan fingerprint density at radius 2 is 1.92 bits per heavy atom. The average Bonchev–Trinajstić information content (AvgIpc) is 2.17. The minimum atomic E-state index is -0.342. The number of hydrogen-bond donors (Lipinski definition) is 0. The van der Waals surface area contributed by atoms with Gasteiger partial charge < -0.3 is 4.74 Å². The fourth-order valence-electron chi connectivity index (χ4n) is 1.06. The third-order valence-corrected chi connectivity index (χ3v) is 1.92. The van der Waals surface area contributed by atoms with Crippen LogP contribution in [-0.2, 0) is 9.53 Å². The summed E-state index contributed by atoms with van der Waals surface area (Å²) in [7, 11) is 1.34. The van der Waals surface area contributed by atoms with E-state index >= 15 is 0 Å². The van der Waals surface area contributed by atoms with E-state index in [2.05, 4.69) is 4.74 Å². The van der Waals surface area contributed by atoms with Gasteiger partial charge in [0.05, 0.1) is 13.0 Å². The molecule has 0 amide bonds. The molecule has 1 aromatic carbocycles. The topological polar surface area (TPSA) is 26.3 Å². The molecule has 0 radical (unpaired) electrons. The highest BCUT2D eigenvalue weighted by molar-refractivity contribution is 5.77. The monoisotopic (exact) mass is 182 g/mol. The van der Waals surface area contributed by atoms with Gasteiger partial charge in [0.2, 0.25) is 0 Å². The Labute approximate surface area is 76.3 Å². The van der Waals surface area contributed by atoms with E-state index < -0.39 is 0 Å². The number of carbonyl (C=O) groups is 1. The van der Waals surface area contributed by atoms with Crippen molar-refractivity contribution in [2.24, 2.45) is 0 Å². The van der Waals surface area contributed by atoms with Gasteiger partial charge in [0.25, 0.3) is 0 Å². The SMILES string of the molecule is COC(=O)[C@@H](C)c1ccc(F)cc1. The zero-order valence-corrected chi connectivity index (χ0v) is 7.58. The van der Waals surface area contributed by atoms with Gasteiger partial charge in [-0.15, -0.1) is 0 Å². The summed E-state index contributed by atoms with van der Waals surface area (Å²) in [5, 5.41) is 0. The number of methoxy groups -OCH3 is 1. The first-order valence-electron chi connectivity index (χ1n) is 3.98. The molecule has 0 saturated heterocycles. The van der Waals surface area contributed by atoms with E-state index in [4.69, 9.17) is 0 Å². The molecule has 0 saturated carbocycles. The van der Waals surface area contributed by atoms with Crippen LogP contribution >= 0.6 is 0 Å². The molecule has 13 heavy (non-hydrogen) atoms. The molecule has 0 aliphatic heterocycles. The zero-order valence-electron chi connectivity index (χ0n) is 7.58. The van der Waals surface area contributed by atoms with Gasteiger partial charge in [-0.2, -0.15) is 0 Å². The van der Waals surface area contributed by atoms with Crippen molar-refractivity contribution in [3.05, 3.63) is 35.6 Å². The smallest absolute Gasteiger partial charge is 0.312 e. The summed E-state index contributed by atoms with van der Waals surface area (Å²) in [6.07, 6.45) is 0. The lowest BCUT2D eigenvalue weighted by atomic mass is 10.0. The first kappa shape index (κ1) is 9.71. The van der Waals surface area contributed by atoms with Crippen molar-refractivity contribution < 1.29 is 13.9 Å². The molecule has 3 heteroatoms. The Morgan fingerprint density at radius 1 is 1.38 bits per heavy atom. The molecule has 1 aromatic rings. The van der Waals surface area contributed by atoms with E-state index in [1.165, 1.54) is 19.2 Å². The highest BCUT2D eigenvalue weighted by Gasteiger charge is 2.14. The van der Waals surface area contributed by atoms with Crippen LogP contribution in [0, 0.1) is 5.82 Å². The normalized spacial score (nSPS) is 12.2. The van der Waals surface area contributed by atoms with Crippen molar-refractivity contribution >= 4 is 5.97 Å². The van der Waals surface area contributed by atoms with Gasteiger partial charge in [-0.05, 0) is 24.6 Å². The second kappa shape index (κ2) is 4.03. The van der Waals surface area contributed by atoms with Crippen molar-refractivity contribution in [1.82, 2.24) is 0 Å². The Balaban J connectivity index is 2.83.